The standard InChI is InChI=1S/C17H22N4OS/c1-2-14(12-6-4-3-5-7-12)23-17-20-19-16(13-8-9-13)21(17)11-10-15(18)22/h3-7,13-14H,2,8-11H2,1H3,(H2,18,22)/t14-/m1/s1. The number of thioether (sulfide) groups is 1. The first-order chi connectivity index (χ1) is 11.2. The van der Waals surface area contributed by atoms with E-state index in [9.17, 15) is 4.79 Å². The van der Waals surface area contributed by atoms with Crippen LogP contribution in [0.3, 0.4) is 0 Å². The van der Waals surface area contributed by atoms with Crippen molar-refractivity contribution in [1.82, 2.24) is 14.8 Å². The minimum Gasteiger partial charge on any atom is -0.370 e. The van der Waals surface area contributed by atoms with Crippen LogP contribution in [0.5, 0.6) is 0 Å². The van der Waals surface area contributed by atoms with Crippen molar-refractivity contribution in [3.63, 3.8) is 0 Å². The Labute approximate surface area is 140 Å². The first-order valence-electron chi connectivity index (χ1n) is 8.12. The van der Waals surface area contributed by atoms with Crippen LogP contribution in [0.2, 0.25) is 0 Å². The van der Waals surface area contributed by atoms with Gasteiger partial charge in [0.1, 0.15) is 5.82 Å². The van der Waals surface area contributed by atoms with Gasteiger partial charge in [-0.3, -0.25) is 4.79 Å². The maximum absolute atomic E-state index is 11.2. The number of carbonyl (C=O) groups is 1. The molecule has 1 heterocycles. The summed E-state index contributed by atoms with van der Waals surface area (Å²) >= 11 is 1.72. The maximum Gasteiger partial charge on any atom is 0.219 e. The molecule has 1 aliphatic carbocycles. The van der Waals surface area contributed by atoms with E-state index < -0.39 is 0 Å². The number of carbonyl (C=O) groups excluding carboxylic acids is 1. The van der Waals surface area contributed by atoms with Crippen molar-refractivity contribution in [2.24, 2.45) is 5.73 Å². The largest absolute Gasteiger partial charge is 0.370 e. The number of amides is 1. The predicted octanol–water partition coefficient (Wildman–Crippen LogP) is 3.27. The number of primary amides is 1. The van der Waals surface area contributed by atoms with Crippen molar-refractivity contribution in [2.75, 3.05) is 0 Å². The van der Waals surface area contributed by atoms with Gasteiger partial charge in [-0.15, -0.1) is 10.2 Å². The molecule has 1 amide bonds. The summed E-state index contributed by atoms with van der Waals surface area (Å²) in [6.07, 6.45) is 3.66. The lowest BCUT2D eigenvalue weighted by Crippen LogP contribution is -2.15. The molecule has 1 aromatic carbocycles. The molecule has 0 aliphatic heterocycles. The Balaban J connectivity index is 1.82. The van der Waals surface area contributed by atoms with Crippen molar-refractivity contribution < 1.29 is 4.79 Å². The monoisotopic (exact) mass is 330 g/mol. The summed E-state index contributed by atoms with van der Waals surface area (Å²) in [5.74, 6) is 1.23. The van der Waals surface area contributed by atoms with E-state index in [2.05, 4.69) is 46.0 Å². The smallest absolute Gasteiger partial charge is 0.219 e. The first kappa shape index (κ1) is 16.1. The number of hydrogen-bond acceptors (Lipinski definition) is 4. The van der Waals surface area contributed by atoms with Crippen LogP contribution < -0.4 is 5.73 Å². The maximum atomic E-state index is 11.2. The highest BCUT2D eigenvalue weighted by molar-refractivity contribution is 7.99. The molecule has 2 N–H and O–H groups in total. The number of nitrogens with two attached hydrogens (primary N) is 1. The third-order valence-corrected chi connectivity index (χ3v) is 5.46. The Kier molecular flexibility index (Phi) is 5.00. The summed E-state index contributed by atoms with van der Waals surface area (Å²) in [5.41, 5.74) is 6.61. The molecule has 0 spiro atoms. The normalized spacial score (nSPS) is 15.5. The van der Waals surface area contributed by atoms with Gasteiger partial charge in [-0.1, -0.05) is 49.0 Å². The molecule has 1 fully saturated rings. The van der Waals surface area contributed by atoms with Crippen molar-refractivity contribution >= 4 is 17.7 Å². The van der Waals surface area contributed by atoms with Gasteiger partial charge >= 0.3 is 0 Å². The zero-order chi connectivity index (χ0) is 16.2. The van der Waals surface area contributed by atoms with Crippen LogP contribution in [0, 0.1) is 0 Å². The van der Waals surface area contributed by atoms with E-state index in [0.29, 0.717) is 24.1 Å². The van der Waals surface area contributed by atoms with Crippen LogP contribution in [0.25, 0.3) is 0 Å². The quantitative estimate of drug-likeness (QED) is 0.754. The van der Waals surface area contributed by atoms with E-state index in [0.717, 1.165) is 30.2 Å². The van der Waals surface area contributed by atoms with E-state index in [1.165, 1.54) is 5.56 Å². The van der Waals surface area contributed by atoms with Gasteiger partial charge in [0.25, 0.3) is 0 Å². The van der Waals surface area contributed by atoms with E-state index >= 15 is 0 Å². The fourth-order valence-corrected chi connectivity index (χ4v) is 3.76. The van der Waals surface area contributed by atoms with Crippen LogP contribution >= 0.6 is 11.8 Å². The fraction of sp³-hybridized carbons (Fsp3) is 0.471. The van der Waals surface area contributed by atoms with Crippen LogP contribution in [-0.4, -0.2) is 20.7 Å². The molecule has 0 radical (unpaired) electrons. The Morgan fingerprint density at radius 1 is 1.35 bits per heavy atom. The van der Waals surface area contributed by atoms with Crippen molar-refractivity contribution in [2.45, 2.75) is 55.5 Å². The molecule has 1 aromatic heterocycles. The van der Waals surface area contributed by atoms with Gasteiger partial charge in [0.05, 0.1) is 0 Å². The predicted molar refractivity (Wildman–Crippen MR) is 91.1 cm³/mol. The van der Waals surface area contributed by atoms with Crippen LogP contribution in [0.15, 0.2) is 35.5 Å². The highest BCUT2D eigenvalue weighted by Gasteiger charge is 2.31. The second-order valence-electron chi connectivity index (χ2n) is 5.91. The van der Waals surface area contributed by atoms with Crippen LogP contribution in [0.1, 0.15) is 55.2 Å². The van der Waals surface area contributed by atoms with Gasteiger partial charge in [-0.2, -0.15) is 0 Å². The number of rotatable bonds is 8. The van der Waals surface area contributed by atoms with Gasteiger partial charge in [-0.25, -0.2) is 0 Å². The Morgan fingerprint density at radius 2 is 2.09 bits per heavy atom. The molecule has 1 atom stereocenters. The number of hydrogen-bond donors (Lipinski definition) is 1. The lowest BCUT2D eigenvalue weighted by molar-refractivity contribution is -0.118. The molecular weight excluding hydrogens is 308 g/mol. The van der Waals surface area contributed by atoms with Crippen molar-refractivity contribution in [3.8, 4) is 0 Å². The molecule has 5 nitrogen and oxygen atoms in total. The van der Waals surface area contributed by atoms with E-state index in [1.54, 1.807) is 11.8 Å². The Morgan fingerprint density at radius 3 is 2.70 bits per heavy atom. The van der Waals surface area contributed by atoms with E-state index in [-0.39, 0.29) is 5.91 Å². The molecule has 0 bridgehead atoms. The molecule has 122 valence electrons. The van der Waals surface area contributed by atoms with Gasteiger partial charge in [-0.05, 0) is 24.8 Å². The summed E-state index contributed by atoms with van der Waals surface area (Å²) in [7, 11) is 0. The zero-order valence-corrected chi connectivity index (χ0v) is 14.1. The number of aromatic nitrogens is 3. The lowest BCUT2D eigenvalue weighted by Gasteiger charge is -2.15. The zero-order valence-electron chi connectivity index (χ0n) is 13.3. The average molecular weight is 330 g/mol. The van der Waals surface area contributed by atoms with Crippen molar-refractivity contribution in [1.29, 1.82) is 0 Å². The third-order valence-electron chi connectivity index (χ3n) is 4.06. The van der Waals surface area contributed by atoms with E-state index in [4.69, 9.17) is 5.73 Å². The molecule has 6 heteroatoms. The first-order valence-corrected chi connectivity index (χ1v) is 9.00. The molecule has 2 aromatic rings. The summed E-state index contributed by atoms with van der Waals surface area (Å²) in [4.78, 5) is 11.2. The van der Waals surface area contributed by atoms with Gasteiger partial charge in [0, 0.05) is 24.1 Å². The van der Waals surface area contributed by atoms with Crippen molar-refractivity contribution in [3.05, 3.63) is 41.7 Å². The number of benzene rings is 1. The molecule has 1 saturated carbocycles. The molecule has 3 rings (SSSR count). The van der Waals surface area contributed by atoms with Gasteiger partial charge < -0.3 is 10.3 Å². The minimum absolute atomic E-state index is 0.286. The van der Waals surface area contributed by atoms with Crippen LogP contribution in [0.4, 0.5) is 0 Å². The summed E-state index contributed by atoms with van der Waals surface area (Å²) in [6.45, 7) is 2.75. The van der Waals surface area contributed by atoms with Crippen LogP contribution in [-0.2, 0) is 11.3 Å². The Bertz CT molecular complexity index is 666. The fourth-order valence-electron chi connectivity index (χ4n) is 2.64. The third kappa shape index (κ3) is 3.93. The lowest BCUT2D eigenvalue weighted by atomic mass is 10.1. The van der Waals surface area contributed by atoms with Gasteiger partial charge in [0.15, 0.2) is 5.16 Å². The second-order valence-corrected chi connectivity index (χ2v) is 7.08. The second kappa shape index (κ2) is 7.17. The highest BCUT2D eigenvalue weighted by atomic mass is 32.2. The summed E-state index contributed by atoms with van der Waals surface area (Å²) < 4.78 is 2.10. The van der Waals surface area contributed by atoms with E-state index in [1.807, 2.05) is 6.07 Å². The van der Waals surface area contributed by atoms with Gasteiger partial charge in [0.2, 0.25) is 5.91 Å². The Hall–Kier alpha value is -1.82. The molecular formula is C17H22N4OS. The molecule has 0 unspecified atom stereocenters. The molecule has 1 aliphatic rings. The molecule has 23 heavy (non-hydrogen) atoms. The SMILES string of the molecule is CC[C@@H](Sc1nnc(C2CC2)n1CCC(N)=O)c1ccccc1. The summed E-state index contributed by atoms with van der Waals surface area (Å²) in [5, 5.41) is 10.00. The highest BCUT2D eigenvalue weighted by Crippen LogP contribution is 2.42. The average Bonchev–Trinajstić information content (AvgIpc) is 3.33. The molecule has 0 saturated heterocycles. The minimum atomic E-state index is -0.286. The summed E-state index contributed by atoms with van der Waals surface area (Å²) in [6, 6.07) is 10.4. The topological polar surface area (TPSA) is 73.8 Å². The number of nitrogens with zero attached hydrogens (tertiary/aromatic N) is 3.